The molecule has 7 nitrogen and oxygen atoms in total. The molecular weight excluding hydrogens is 394 g/mol. The third-order valence-corrected chi connectivity index (χ3v) is 5.00. The van der Waals surface area contributed by atoms with Crippen molar-refractivity contribution in [2.24, 2.45) is 0 Å². The lowest BCUT2D eigenvalue weighted by Crippen LogP contribution is -2.35. The highest BCUT2D eigenvalue weighted by atomic mass is 35.5. The molecule has 1 N–H and O–H groups in total. The average Bonchev–Trinajstić information content (AvgIpc) is 2.97. The van der Waals surface area contributed by atoms with Crippen LogP contribution in [0.25, 0.3) is 5.76 Å². The van der Waals surface area contributed by atoms with Gasteiger partial charge in [0.25, 0.3) is 11.7 Å². The van der Waals surface area contributed by atoms with E-state index in [2.05, 4.69) is 4.98 Å². The predicted octanol–water partition coefficient (Wildman–Crippen LogP) is 2.73. The maximum absolute atomic E-state index is 12.9. The topological polar surface area (TPSA) is 83.0 Å². The van der Waals surface area contributed by atoms with E-state index in [1.165, 1.54) is 18.1 Å². The zero-order valence-corrected chi connectivity index (χ0v) is 17.2. The van der Waals surface area contributed by atoms with Crippen LogP contribution in [0.3, 0.4) is 0 Å². The lowest BCUT2D eigenvalue weighted by molar-refractivity contribution is -0.140. The highest BCUT2D eigenvalue weighted by Crippen LogP contribution is 2.41. The van der Waals surface area contributed by atoms with Crippen LogP contribution in [0.4, 0.5) is 0 Å². The number of hydrogen-bond acceptors (Lipinski definition) is 6. The number of aliphatic hydroxyl groups is 1. The van der Waals surface area contributed by atoms with Crippen LogP contribution in [0.5, 0.6) is 5.75 Å². The minimum Gasteiger partial charge on any atom is -0.507 e. The molecule has 0 bridgehead atoms. The van der Waals surface area contributed by atoms with Gasteiger partial charge in [-0.05, 0) is 50.0 Å². The molecule has 2 aromatic rings. The Hall–Kier alpha value is -2.90. The first-order valence-corrected chi connectivity index (χ1v) is 9.40. The van der Waals surface area contributed by atoms with Gasteiger partial charge in [-0.3, -0.25) is 14.6 Å². The number of aliphatic hydroxyl groups excluding tert-OH is 1. The van der Waals surface area contributed by atoms with Crippen molar-refractivity contribution in [3.63, 3.8) is 0 Å². The first kappa shape index (κ1) is 20.8. The van der Waals surface area contributed by atoms with Gasteiger partial charge in [0, 0.05) is 30.5 Å². The van der Waals surface area contributed by atoms with Crippen LogP contribution in [0.15, 0.2) is 48.3 Å². The van der Waals surface area contributed by atoms with E-state index in [0.717, 1.165) is 0 Å². The molecule has 1 aliphatic rings. The predicted molar refractivity (Wildman–Crippen MR) is 110 cm³/mol. The van der Waals surface area contributed by atoms with Gasteiger partial charge in [-0.2, -0.15) is 0 Å². The van der Waals surface area contributed by atoms with Gasteiger partial charge in [0.2, 0.25) is 0 Å². The van der Waals surface area contributed by atoms with Crippen molar-refractivity contribution in [2.45, 2.75) is 6.04 Å². The number of nitrogens with zero attached hydrogens (tertiary/aromatic N) is 3. The standard InChI is InChI=1S/C21H22ClN3O4/c1-24(2)10-11-25-18(13-6-8-23-9-7-13)17(20(27)21(25)28)19(26)15-12-14(22)4-5-16(15)29-3/h4-9,12,18,26H,10-11H2,1-3H3. The fourth-order valence-electron chi connectivity index (χ4n) is 3.32. The number of hydrogen-bond donors (Lipinski definition) is 1. The smallest absolute Gasteiger partial charge is 0.295 e. The van der Waals surface area contributed by atoms with E-state index >= 15 is 0 Å². The van der Waals surface area contributed by atoms with Gasteiger partial charge in [0.05, 0.1) is 24.3 Å². The molecule has 2 heterocycles. The fraction of sp³-hybridized carbons (Fsp3) is 0.286. The summed E-state index contributed by atoms with van der Waals surface area (Å²) in [6, 6.07) is 7.44. The van der Waals surface area contributed by atoms with Crippen LogP contribution in [0.1, 0.15) is 17.2 Å². The number of pyridine rings is 1. The minimum absolute atomic E-state index is 0.000484. The number of ether oxygens (including phenoxy) is 1. The van der Waals surface area contributed by atoms with Crippen molar-refractivity contribution in [1.82, 2.24) is 14.8 Å². The molecule has 1 aromatic carbocycles. The molecule has 3 rings (SSSR count). The second-order valence-electron chi connectivity index (χ2n) is 6.92. The van der Waals surface area contributed by atoms with E-state index in [1.54, 1.807) is 36.7 Å². The second kappa shape index (κ2) is 8.63. The normalized spacial score (nSPS) is 18.5. The first-order valence-electron chi connectivity index (χ1n) is 9.02. The summed E-state index contributed by atoms with van der Waals surface area (Å²) in [5.74, 6) is -1.38. The molecule has 1 aromatic heterocycles. The van der Waals surface area contributed by atoms with Crippen LogP contribution < -0.4 is 4.74 Å². The zero-order valence-electron chi connectivity index (χ0n) is 16.4. The van der Waals surface area contributed by atoms with Crippen molar-refractivity contribution in [1.29, 1.82) is 0 Å². The van der Waals surface area contributed by atoms with Crippen LogP contribution >= 0.6 is 11.6 Å². The Labute approximate surface area is 174 Å². The summed E-state index contributed by atoms with van der Waals surface area (Å²) >= 11 is 6.09. The Bertz CT molecular complexity index is 960. The van der Waals surface area contributed by atoms with Gasteiger partial charge in [-0.15, -0.1) is 0 Å². The van der Waals surface area contributed by atoms with Crippen molar-refractivity contribution in [3.05, 3.63) is 64.4 Å². The second-order valence-corrected chi connectivity index (χ2v) is 7.36. The van der Waals surface area contributed by atoms with E-state index in [9.17, 15) is 14.7 Å². The van der Waals surface area contributed by atoms with Gasteiger partial charge < -0.3 is 19.6 Å². The number of amides is 1. The minimum atomic E-state index is -0.745. The van der Waals surface area contributed by atoms with Crippen molar-refractivity contribution >= 4 is 29.1 Å². The Kier molecular flexibility index (Phi) is 6.20. The highest BCUT2D eigenvalue weighted by Gasteiger charge is 2.46. The molecule has 1 atom stereocenters. The summed E-state index contributed by atoms with van der Waals surface area (Å²) in [6.45, 7) is 0.892. The molecule has 0 aliphatic carbocycles. The molecule has 1 fully saturated rings. The number of ketones is 1. The van der Waals surface area contributed by atoms with Crippen LogP contribution in [-0.2, 0) is 9.59 Å². The SMILES string of the molecule is COc1ccc(Cl)cc1C(O)=C1C(=O)C(=O)N(CCN(C)C)C1c1ccncc1. The summed E-state index contributed by atoms with van der Waals surface area (Å²) in [5.41, 5.74) is 0.936. The van der Waals surface area contributed by atoms with Gasteiger partial charge in [0.1, 0.15) is 11.5 Å². The zero-order chi connectivity index (χ0) is 21.1. The molecule has 1 unspecified atom stereocenters. The monoisotopic (exact) mass is 415 g/mol. The Morgan fingerprint density at radius 1 is 1.24 bits per heavy atom. The number of carbonyl (C=O) groups is 2. The van der Waals surface area contributed by atoms with Gasteiger partial charge in [0.15, 0.2) is 0 Å². The van der Waals surface area contributed by atoms with E-state index in [-0.39, 0.29) is 16.9 Å². The van der Waals surface area contributed by atoms with Crippen molar-refractivity contribution in [3.8, 4) is 5.75 Å². The molecular formula is C21H22ClN3O4. The van der Waals surface area contributed by atoms with E-state index in [1.807, 2.05) is 19.0 Å². The summed E-state index contributed by atoms with van der Waals surface area (Å²) in [5, 5.41) is 11.5. The van der Waals surface area contributed by atoms with Crippen LogP contribution in [0.2, 0.25) is 5.02 Å². The molecule has 0 saturated carbocycles. The lowest BCUT2D eigenvalue weighted by atomic mass is 9.95. The van der Waals surface area contributed by atoms with Gasteiger partial charge in [-0.25, -0.2) is 0 Å². The van der Waals surface area contributed by atoms with Gasteiger partial charge in [-0.1, -0.05) is 11.6 Å². The van der Waals surface area contributed by atoms with E-state index < -0.39 is 17.7 Å². The number of halogens is 1. The van der Waals surface area contributed by atoms with Crippen molar-refractivity contribution in [2.75, 3.05) is 34.3 Å². The lowest BCUT2D eigenvalue weighted by Gasteiger charge is -2.26. The third-order valence-electron chi connectivity index (χ3n) is 4.77. The fourth-order valence-corrected chi connectivity index (χ4v) is 3.49. The summed E-state index contributed by atoms with van der Waals surface area (Å²) in [4.78, 5) is 33.1. The number of methoxy groups -OCH3 is 1. The largest absolute Gasteiger partial charge is 0.507 e. The Morgan fingerprint density at radius 2 is 1.93 bits per heavy atom. The maximum Gasteiger partial charge on any atom is 0.295 e. The first-order chi connectivity index (χ1) is 13.8. The third kappa shape index (κ3) is 4.11. The van der Waals surface area contributed by atoms with Gasteiger partial charge >= 0.3 is 0 Å². The summed E-state index contributed by atoms with van der Waals surface area (Å²) in [7, 11) is 5.22. The van der Waals surface area contributed by atoms with Crippen LogP contribution in [0, 0.1) is 0 Å². The van der Waals surface area contributed by atoms with E-state index in [0.29, 0.717) is 29.4 Å². The molecule has 1 aliphatic heterocycles. The number of carbonyl (C=O) groups excluding carboxylic acids is 2. The summed E-state index contributed by atoms with van der Waals surface area (Å²) in [6.07, 6.45) is 3.17. The number of rotatable bonds is 6. The molecule has 0 radical (unpaired) electrons. The number of likely N-dealkylation sites (tertiary alicyclic amines) is 1. The molecule has 1 amide bonds. The molecule has 0 spiro atoms. The number of Topliss-reactive ketones (excluding diaryl/α,β-unsaturated/α-hetero) is 1. The molecule has 8 heteroatoms. The average molecular weight is 416 g/mol. The van der Waals surface area contributed by atoms with Crippen molar-refractivity contribution < 1.29 is 19.4 Å². The number of benzene rings is 1. The Balaban J connectivity index is 2.19. The summed E-state index contributed by atoms with van der Waals surface area (Å²) < 4.78 is 5.31. The molecule has 1 saturated heterocycles. The Morgan fingerprint density at radius 3 is 2.55 bits per heavy atom. The molecule has 152 valence electrons. The highest BCUT2D eigenvalue weighted by molar-refractivity contribution is 6.46. The number of likely N-dealkylation sites (N-methyl/N-ethyl adjacent to an activating group) is 1. The van der Waals surface area contributed by atoms with E-state index in [4.69, 9.17) is 16.3 Å². The maximum atomic E-state index is 12.9. The quantitative estimate of drug-likeness (QED) is 0.443. The number of aromatic nitrogens is 1. The van der Waals surface area contributed by atoms with Crippen LogP contribution in [-0.4, -0.2) is 65.9 Å². The molecule has 29 heavy (non-hydrogen) atoms.